The average Bonchev–Trinajstić information content (AvgIpc) is 2.74. The summed E-state index contributed by atoms with van der Waals surface area (Å²) < 4.78 is 5.23. The van der Waals surface area contributed by atoms with E-state index in [4.69, 9.17) is 16.3 Å². The van der Waals surface area contributed by atoms with E-state index < -0.39 is 0 Å². The molecule has 0 aromatic heterocycles. The summed E-state index contributed by atoms with van der Waals surface area (Å²) in [7, 11) is 0. The summed E-state index contributed by atoms with van der Waals surface area (Å²) >= 11 is 5.86. The Bertz CT molecular complexity index is 435. The maximum Gasteiger partial charge on any atom is 0.227 e. The van der Waals surface area contributed by atoms with Crippen LogP contribution in [0.4, 0.5) is 0 Å². The van der Waals surface area contributed by atoms with Crippen molar-refractivity contribution < 1.29 is 9.53 Å². The summed E-state index contributed by atoms with van der Waals surface area (Å²) in [4.78, 5) is 12.0. The lowest BCUT2D eigenvalue weighted by Gasteiger charge is -2.06. The first kappa shape index (κ1) is 10.2. The first-order valence-electron chi connectivity index (χ1n) is 4.82. The zero-order valence-electron chi connectivity index (χ0n) is 8.42. The number of allylic oxidation sites excluding steroid dienone is 1. The molecule has 2 nitrogen and oxygen atoms in total. The van der Waals surface area contributed by atoms with E-state index in [1.54, 1.807) is 12.1 Å². The molecule has 0 fully saturated rings. The van der Waals surface area contributed by atoms with E-state index in [0.717, 1.165) is 12.0 Å². The van der Waals surface area contributed by atoms with Crippen molar-refractivity contribution in [3.63, 3.8) is 0 Å². The smallest absolute Gasteiger partial charge is 0.227 e. The maximum absolute atomic E-state index is 12.0. The van der Waals surface area contributed by atoms with Gasteiger partial charge in [0.15, 0.2) is 5.76 Å². The predicted octanol–water partition coefficient (Wildman–Crippen LogP) is 3.14. The molecule has 0 aliphatic carbocycles. The Labute approximate surface area is 93.5 Å². The van der Waals surface area contributed by atoms with Gasteiger partial charge in [0.2, 0.25) is 5.78 Å². The Morgan fingerprint density at radius 2 is 2.27 bits per heavy atom. The van der Waals surface area contributed by atoms with Crippen LogP contribution < -0.4 is 0 Å². The number of rotatable bonds is 2. The topological polar surface area (TPSA) is 26.3 Å². The first-order valence-corrected chi connectivity index (χ1v) is 5.20. The Morgan fingerprint density at radius 1 is 1.47 bits per heavy atom. The van der Waals surface area contributed by atoms with E-state index in [1.165, 1.54) is 0 Å². The van der Waals surface area contributed by atoms with Crippen molar-refractivity contribution in [2.24, 2.45) is 0 Å². The van der Waals surface area contributed by atoms with Gasteiger partial charge in [0.05, 0.1) is 6.61 Å². The van der Waals surface area contributed by atoms with Crippen LogP contribution in [-0.2, 0) is 4.74 Å². The molecule has 0 radical (unpaired) electrons. The van der Waals surface area contributed by atoms with E-state index in [9.17, 15) is 4.79 Å². The minimum absolute atomic E-state index is 0.0764. The SMILES string of the molecule is Cc1ccc(Cl)cc1C(=O)C1=CCCO1. The molecule has 1 aromatic rings. The van der Waals surface area contributed by atoms with Crippen molar-refractivity contribution in [3.8, 4) is 0 Å². The third-order valence-electron chi connectivity index (χ3n) is 2.37. The van der Waals surface area contributed by atoms with Crippen LogP contribution in [-0.4, -0.2) is 12.4 Å². The fourth-order valence-electron chi connectivity index (χ4n) is 1.55. The summed E-state index contributed by atoms with van der Waals surface area (Å²) in [5.41, 5.74) is 1.54. The second kappa shape index (κ2) is 4.07. The normalized spacial score (nSPS) is 14.7. The fourth-order valence-corrected chi connectivity index (χ4v) is 1.72. The van der Waals surface area contributed by atoms with E-state index in [0.29, 0.717) is 23.0 Å². The highest BCUT2D eigenvalue weighted by atomic mass is 35.5. The molecule has 0 saturated heterocycles. The molecule has 3 heteroatoms. The Hall–Kier alpha value is -1.28. The Balaban J connectivity index is 2.36. The molecule has 0 spiro atoms. The summed E-state index contributed by atoms with van der Waals surface area (Å²) in [6.07, 6.45) is 2.63. The van der Waals surface area contributed by atoms with Gasteiger partial charge in [0.25, 0.3) is 0 Å². The lowest BCUT2D eigenvalue weighted by atomic mass is 10.0. The van der Waals surface area contributed by atoms with Gasteiger partial charge < -0.3 is 4.74 Å². The number of aryl methyl sites for hydroxylation is 1. The highest BCUT2D eigenvalue weighted by molar-refractivity contribution is 6.31. The largest absolute Gasteiger partial charge is 0.489 e. The van der Waals surface area contributed by atoms with Crippen LogP contribution in [0.3, 0.4) is 0 Å². The summed E-state index contributed by atoms with van der Waals surface area (Å²) in [5, 5.41) is 0.572. The van der Waals surface area contributed by atoms with E-state index in [2.05, 4.69) is 0 Å². The van der Waals surface area contributed by atoms with E-state index in [-0.39, 0.29) is 5.78 Å². The molecule has 0 amide bonds. The zero-order valence-corrected chi connectivity index (χ0v) is 9.17. The van der Waals surface area contributed by atoms with Gasteiger partial charge in [0.1, 0.15) is 0 Å². The molecule has 1 aliphatic heterocycles. The van der Waals surface area contributed by atoms with Crippen molar-refractivity contribution in [3.05, 3.63) is 46.2 Å². The molecule has 78 valence electrons. The second-order valence-electron chi connectivity index (χ2n) is 3.49. The maximum atomic E-state index is 12.0. The van der Waals surface area contributed by atoms with Crippen molar-refractivity contribution in [2.45, 2.75) is 13.3 Å². The Morgan fingerprint density at radius 3 is 2.93 bits per heavy atom. The molecule has 1 aromatic carbocycles. The minimum Gasteiger partial charge on any atom is -0.489 e. The lowest BCUT2D eigenvalue weighted by molar-refractivity contribution is 0.0941. The zero-order chi connectivity index (χ0) is 10.8. The van der Waals surface area contributed by atoms with Gasteiger partial charge >= 0.3 is 0 Å². The molecular formula is C12H11ClO2. The fraction of sp³-hybridized carbons (Fsp3) is 0.250. The quantitative estimate of drug-likeness (QED) is 0.719. The van der Waals surface area contributed by atoms with Crippen LogP contribution in [0.25, 0.3) is 0 Å². The van der Waals surface area contributed by atoms with Gasteiger partial charge in [-0.05, 0) is 30.7 Å². The number of ether oxygens (including phenoxy) is 1. The van der Waals surface area contributed by atoms with Crippen LogP contribution in [0.2, 0.25) is 5.02 Å². The predicted molar refractivity (Wildman–Crippen MR) is 59.2 cm³/mol. The molecular weight excluding hydrogens is 212 g/mol. The van der Waals surface area contributed by atoms with E-state index >= 15 is 0 Å². The molecule has 0 unspecified atom stereocenters. The summed E-state index contributed by atoms with van der Waals surface area (Å²) in [6.45, 7) is 2.49. The van der Waals surface area contributed by atoms with Gasteiger partial charge in [-0.2, -0.15) is 0 Å². The van der Waals surface area contributed by atoms with Crippen LogP contribution in [0.5, 0.6) is 0 Å². The molecule has 1 heterocycles. The van der Waals surface area contributed by atoms with Gasteiger partial charge in [-0.25, -0.2) is 0 Å². The molecule has 0 bridgehead atoms. The number of carbonyl (C=O) groups excluding carboxylic acids is 1. The average molecular weight is 223 g/mol. The molecule has 0 atom stereocenters. The standard InChI is InChI=1S/C12H11ClO2/c1-8-4-5-9(13)7-10(8)12(14)11-3-2-6-15-11/h3-5,7H,2,6H2,1H3. The monoisotopic (exact) mass is 222 g/mol. The number of ketones is 1. The molecule has 1 aliphatic rings. The number of hydrogen-bond acceptors (Lipinski definition) is 2. The minimum atomic E-state index is -0.0764. The first-order chi connectivity index (χ1) is 7.18. The lowest BCUT2D eigenvalue weighted by Crippen LogP contribution is -2.05. The summed E-state index contributed by atoms with van der Waals surface area (Å²) in [6, 6.07) is 5.30. The Kier molecular flexibility index (Phi) is 2.78. The van der Waals surface area contributed by atoms with Gasteiger partial charge in [0, 0.05) is 17.0 Å². The molecule has 15 heavy (non-hydrogen) atoms. The number of carbonyl (C=O) groups is 1. The van der Waals surface area contributed by atoms with E-state index in [1.807, 2.05) is 19.1 Å². The van der Waals surface area contributed by atoms with Gasteiger partial charge in [-0.15, -0.1) is 0 Å². The number of benzene rings is 1. The third-order valence-corrected chi connectivity index (χ3v) is 2.61. The van der Waals surface area contributed by atoms with Crippen molar-refractivity contribution in [1.82, 2.24) is 0 Å². The van der Waals surface area contributed by atoms with Gasteiger partial charge in [-0.3, -0.25) is 4.79 Å². The highest BCUT2D eigenvalue weighted by Crippen LogP contribution is 2.21. The van der Waals surface area contributed by atoms with Crippen molar-refractivity contribution in [1.29, 1.82) is 0 Å². The number of halogens is 1. The van der Waals surface area contributed by atoms with Crippen LogP contribution in [0.15, 0.2) is 30.0 Å². The van der Waals surface area contributed by atoms with Crippen molar-refractivity contribution in [2.75, 3.05) is 6.61 Å². The van der Waals surface area contributed by atoms with Crippen LogP contribution >= 0.6 is 11.6 Å². The van der Waals surface area contributed by atoms with Gasteiger partial charge in [-0.1, -0.05) is 17.7 Å². The second-order valence-corrected chi connectivity index (χ2v) is 3.93. The number of hydrogen-bond donors (Lipinski definition) is 0. The van der Waals surface area contributed by atoms with Crippen LogP contribution in [0, 0.1) is 6.92 Å². The molecule has 0 N–H and O–H groups in total. The highest BCUT2D eigenvalue weighted by Gasteiger charge is 2.18. The molecule has 0 saturated carbocycles. The molecule has 2 rings (SSSR count). The van der Waals surface area contributed by atoms with Crippen LogP contribution in [0.1, 0.15) is 22.3 Å². The third kappa shape index (κ3) is 2.05. The summed E-state index contributed by atoms with van der Waals surface area (Å²) in [5.74, 6) is 0.368. The number of Topliss-reactive ketones (excluding diaryl/α,β-unsaturated/α-hetero) is 1. The van der Waals surface area contributed by atoms with Crippen molar-refractivity contribution >= 4 is 17.4 Å².